The second-order valence-electron chi connectivity index (χ2n) is 5.35. The number of allylic oxidation sites excluding steroid dienone is 4. The van der Waals surface area contributed by atoms with Crippen LogP contribution in [0.2, 0.25) is 0 Å². The second kappa shape index (κ2) is 5.76. The van der Waals surface area contributed by atoms with Crippen molar-refractivity contribution in [2.75, 3.05) is 0 Å². The number of benzene rings is 2. The minimum atomic E-state index is 0.599. The van der Waals surface area contributed by atoms with Gasteiger partial charge in [0.05, 0.1) is 22.2 Å². The minimum absolute atomic E-state index is 0.599. The van der Waals surface area contributed by atoms with Gasteiger partial charge in [-0.1, -0.05) is 48.5 Å². The van der Waals surface area contributed by atoms with E-state index < -0.39 is 0 Å². The summed E-state index contributed by atoms with van der Waals surface area (Å²) >= 11 is 1.62. The summed E-state index contributed by atoms with van der Waals surface area (Å²) < 4.78 is 1.14. The average Bonchev–Trinajstić information content (AvgIpc) is 3.06. The van der Waals surface area contributed by atoms with Gasteiger partial charge < -0.3 is 5.53 Å². The zero-order valence-corrected chi connectivity index (χ0v) is 13.1. The van der Waals surface area contributed by atoms with Gasteiger partial charge in [0.15, 0.2) is 0 Å². The van der Waals surface area contributed by atoms with Crippen LogP contribution in [0.3, 0.4) is 0 Å². The lowest BCUT2D eigenvalue weighted by Gasteiger charge is -2.10. The van der Waals surface area contributed by atoms with Crippen LogP contribution in [0.25, 0.3) is 26.9 Å². The third-order valence-electron chi connectivity index (χ3n) is 3.91. The Hall–Kier alpha value is -2.81. The molecule has 110 valence electrons. The quantitative estimate of drug-likeness (QED) is 0.493. The smallest absolute Gasteiger partial charge is 0.306 e. The molecule has 1 aromatic heterocycles. The molecule has 0 saturated heterocycles. The molecule has 1 aliphatic rings. The van der Waals surface area contributed by atoms with Crippen molar-refractivity contribution in [2.24, 2.45) is 0 Å². The molecule has 4 heteroatoms. The van der Waals surface area contributed by atoms with Crippen molar-refractivity contribution in [3.63, 3.8) is 0 Å². The van der Waals surface area contributed by atoms with Gasteiger partial charge in [-0.05, 0) is 29.3 Å². The van der Waals surface area contributed by atoms with E-state index in [1.165, 1.54) is 0 Å². The fourth-order valence-electron chi connectivity index (χ4n) is 2.74. The van der Waals surface area contributed by atoms with Crippen molar-refractivity contribution >= 4 is 38.4 Å². The molecule has 23 heavy (non-hydrogen) atoms. The molecule has 0 N–H and O–H groups in total. The van der Waals surface area contributed by atoms with Crippen LogP contribution in [0.5, 0.6) is 0 Å². The van der Waals surface area contributed by atoms with E-state index in [2.05, 4.69) is 34.0 Å². The Kier molecular flexibility index (Phi) is 3.46. The first-order valence-corrected chi connectivity index (χ1v) is 8.20. The Bertz CT molecular complexity index is 957. The molecule has 0 saturated carbocycles. The van der Waals surface area contributed by atoms with Gasteiger partial charge in [0.25, 0.3) is 0 Å². The van der Waals surface area contributed by atoms with Crippen LogP contribution >= 0.6 is 11.3 Å². The summed E-state index contributed by atoms with van der Waals surface area (Å²) in [4.78, 5) is 8.19. The number of rotatable bonds is 2. The molecule has 0 amide bonds. The lowest BCUT2D eigenvalue weighted by Crippen LogP contribution is -2.08. The van der Waals surface area contributed by atoms with Gasteiger partial charge in [0.2, 0.25) is 0 Å². The van der Waals surface area contributed by atoms with Crippen molar-refractivity contribution in [2.45, 2.75) is 6.42 Å². The predicted molar refractivity (Wildman–Crippen MR) is 95.3 cm³/mol. The van der Waals surface area contributed by atoms with E-state index in [1.54, 1.807) is 11.3 Å². The molecule has 3 aromatic rings. The first kappa shape index (κ1) is 13.8. The van der Waals surface area contributed by atoms with Crippen LogP contribution in [0.15, 0.2) is 66.7 Å². The van der Waals surface area contributed by atoms with Crippen molar-refractivity contribution in [1.29, 1.82) is 0 Å². The summed E-state index contributed by atoms with van der Waals surface area (Å²) in [6.45, 7) is 0. The fraction of sp³-hybridized carbons (Fsp3) is 0.0526. The van der Waals surface area contributed by atoms with Crippen molar-refractivity contribution < 1.29 is 4.79 Å². The van der Waals surface area contributed by atoms with E-state index in [4.69, 9.17) is 0 Å². The third kappa shape index (κ3) is 2.55. The molecule has 0 atom stereocenters. The summed E-state index contributed by atoms with van der Waals surface area (Å²) in [6, 6.07) is 18.2. The van der Waals surface area contributed by atoms with E-state index in [0.717, 1.165) is 31.9 Å². The van der Waals surface area contributed by atoms with E-state index in [-0.39, 0.29) is 0 Å². The van der Waals surface area contributed by atoms with E-state index in [9.17, 15) is 5.53 Å². The van der Waals surface area contributed by atoms with Gasteiger partial charge in [0.1, 0.15) is 5.01 Å². The third-order valence-corrected chi connectivity index (χ3v) is 4.98. The average molecular weight is 315 g/mol. The molecule has 1 heterocycles. The molecule has 4 rings (SSSR count). The predicted octanol–water partition coefficient (Wildman–Crippen LogP) is 4.84. The van der Waals surface area contributed by atoms with Gasteiger partial charge in [-0.3, -0.25) is 0 Å². The van der Waals surface area contributed by atoms with Gasteiger partial charge in [-0.15, -0.1) is 11.3 Å². The van der Waals surface area contributed by atoms with Crippen LogP contribution in [-0.2, 0) is 0 Å². The molecular weight excluding hydrogens is 302 g/mol. The number of para-hydroxylation sites is 1. The summed E-state index contributed by atoms with van der Waals surface area (Å²) in [5.41, 5.74) is 14.3. The van der Waals surface area contributed by atoms with Gasteiger partial charge in [0, 0.05) is 0 Å². The Morgan fingerprint density at radius 2 is 1.74 bits per heavy atom. The van der Waals surface area contributed by atoms with Crippen LogP contribution in [0.4, 0.5) is 0 Å². The zero-order valence-electron chi connectivity index (χ0n) is 12.3. The maximum Gasteiger partial charge on any atom is 0.306 e. The Morgan fingerprint density at radius 1 is 0.957 bits per heavy atom. The van der Waals surface area contributed by atoms with Crippen molar-refractivity contribution in [1.82, 2.24) is 4.98 Å². The summed E-state index contributed by atoms with van der Waals surface area (Å²) in [7, 11) is 0. The van der Waals surface area contributed by atoms with Gasteiger partial charge in [-0.25, -0.2) is 4.98 Å². The summed E-state index contributed by atoms with van der Waals surface area (Å²) in [5, 5.41) is 0.891. The van der Waals surface area contributed by atoms with E-state index >= 15 is 0 Å². The van der Waals surface area contributed by atoms with Crippen molar-refractivity contribution in [3.8, 4) is 0 Å². The molecule has 0 unspecified atom stereocenters. The maximum atomic E-state index is 9.46. The van der Waals surface area contributed by atoms with Crippen molar-refractivity contribution in [3.05, 3.63) is 82.9 Å². The topological polar surface area (TPSA) is 49.3 Å². The fourth-order valence-corrected chi connectivity index (χ4v) is 3.75. The molecule has 0 fully saturated rings. The highest BCUT2D eigenvalue weighted by atomic mass is 32.1. The Balaban J connectivity index is 1.80. The van der Waals surface area contributed by atoms with Crippen LogP contribution in [0.1, 0.15) is 17.0 Å². The van der Waals surface area contributed by atoms with Crippen LogP contribution in [-0.4, -0.2) is 15.5 Å². The SMILES string of the molecule is [N-]=[N+]=C1CC(c2ccccc2)=CC=C1c1nc2ccccc2s1. The highest BCUT2D eigenvalue weighted by molar-refractivity contribution is 7.19. The highest BCUT2D eigenvalue weighted by Gasteiger charge is 2.25. The molecule has 0 aliphatic heterocycles. The number of fused-ring (bicyclic) bond motifs is 1. The number of hydrogen-bond acceptors (Lipinski definition) is 2. The number of nitrogens with zero attached hydrogens (tertiary/aromatic N) is 3. The molecule has 1 aliphatic carbocycles. The molecule has 2 aromatic carbocycles. The largest absolute Gasteiger partial charge is 0.361 e. The maximum absolute atomic E-state index is 9.46. The van der Waals surface area contributed by atoms with Crippen LogP contribution in [0, 0.1) is 0 Å². The summed E-state index contributed by atoms with van der Waals surface area (Å²) in [5.74, 6) is 0. The zero-order chi connectivity index (χ0) is 15.6. The number of thiazole rings is 1. The molecule has 0 bridgehead atoms. The number of hydrogen-bond donors (Lipinski definition) is 0. The Morgan fingerprint density at radius 3 is 2.52 bits per heavy atom. The highest BCUT2D eigenvalue weighted by Crippen LogP contribution is 2.33. The first-order chi connectivity index (χ1) is 11.3. The molecule has 0 spiro atoms. The lowest BCUT2D eigenvalue weighted by molar-refractivity contribution is -0.00426. The normalized spacial score (nSPS) is 14.3. The van der Waals surface area contributed by atoms with E-state index in [0.29, 0.717) is 12.1 Å². The van der Waals surface area contributed by atoms with Gasteiger partial charge in [-0.2, -0.15) is 4.79 Å². The minimum Gasteiger partial charge on any atom is -0.361 e. The van der Waals surface area contributed by atoms with E-state index in [1.807, 2.05) is 42.5 Å². The standard InChI is InChI=1S/C19H13N3S/c20-22-17-12-14(13-6-2-1-3-7-13)10-11-15(17)19-21-16-8-4-5-9-18(16)23-19/h1-11H,12H2. The molecular formula is C19H13N3S. The second-order valence-corrected chi connectivity index (χ2v) is 6.38. The molecule has 3 nitrogen and oxygen atoms in total. The lowest BCUT2D eigenvalue weighted by atomic mass is 9.92. The van der Waals surface area contributed by atoms with Crippen LogP contribution < -0.4 is 0 Å². The van der Waals surface area contributed by atoms with Gasteiger partial charge >= 0.3 is 5.71 Å². The summed E-state index contributed by atoms with van der Waals surface area (Å²) in [6.07, 6.45) is 4.69. The monoisotopic (exact) mass is 315 g/mol. The first-order valence-electron chi connectivity index (χ1n) is 7.38. The number of aromatic nitrogens is 1. The molecule has 0 radical (unpaired) electrons. The Labute approximate surface area is 137 Å².